The van der Waals surface area contributed by atoms with E-state index in [9.17, 15) is 4.79 Å². The predicted molar refractivity (Wildman–Crippen MR) is 100 cm³/mol. The Balaban J connectivity index is 1.46. The van der Waals surface area contributed by atoms with Gasteiger partial charge in [-0.3, -0.25) is 0 Å². The lowest BCUT2D eigenvalue weighted by molar-refractivity contribution is 0.248. The van der Waals surface area contributed by atoms with E-state index in [4.69, 9.17) is 16.9 Å². The number of anilines is 2. The molecular weight excluding hydrogens is 352 g/mol. The van der Waals surface area contributed by atoms with Gasteiger partial charge in [0.2, 0.25) is 0 Å². The Hall–Kier alpha value is -2.85. The van der Waals surface area contributed by atoms with Crippen LogP contribution < -0.4 is 15.5 Å². The van der Waals surface area contributed by atoms with Crippen LogP contribution in [0.4, 0.5) is 16.3 Å². The van der Waals surface area contributed by atoms with Crippen molar-refractivity contribution < 1.29 is 4.79 Å². The summed E-state index contributed by atoms with van der Waals surface area (Å²) in [5.74, 6) is 1.02. The Labute approximate surface area is 157 Å². The van der Waals surface area contributed by atoms with Gasteiger partial charge in [0.15, 0.2) is 11.5 Å². The summed E-state index contributed by atoms with van der Waals surface area (Å²) < 4.78 is 0. The number of rotatable bonds is 4. The van der Waals surface area contributed by atoms with Crippen LogP contribution in [0.1, 0.15) is 18.5 Å². The van der Waals surface area contributed by atoms with Crippen LogP contribution in [0.3, 0.4) is 0 Å². The predicted octanol–water partition coefficient (Wildman–Crippen LogP) is 3.04. The lowest BCUT2D eigenvalue weighted by Crippen LogP contribution is -2.40. The van der Waals surface area contributed by atoms with E-state index in [1.54, 1.807) is 18.3 Å². The molecule has 0 saturated carbocycles. The molecule has 0 spiro atoms. The van der Waals surface area contributed by atoms with Crippen LogP contribution in [0, 0.1) is 17.2 Å². The summed E-state index contributed by atoms with van der Waals surface area (Å²) in [5.41, 5.74) is 0.941. The minimum Gasteiger partial charge on any atom is -0.354 e. The Morgan fingerprint density at radius 3 is 2.73 bits per heavy atom. The zero-order chi connectivity index (χ0) is 18.4. The largest absolute Gasteiger partial charge is 0.354 e. The highest BCUT2D eigenvalue weighted by Crippen LogP contribution is 2.23. The lowest BCUT2D eigenvalue weighted by atomic mass is 9.97. The molecule has 2 amide bonds. The number of benzene rings is 1. The molecule has 7 nitrogen and oxygen atoms in total. The summed E-state index contributed by atoms with van der Waals surface area (Å²) in [7, 11) is 0. The van der Waals surface area contributed by atoms with Gasteiger partial charge in [0.25, 0.3) is 0 Å². The smallest absolute Gasteiger partial charge is 0.319 e. The molecule has 2 aromatic rings. The monoisotopic (exact) mass is 370 g/mol. The average Bonchev–Trinajstić information content (AvgIpc) is 2.68. The lowest BCUT2D eigenvalue weighted by Gasteiger charge is -2.32. The van der Waals surface area contributed by atoms with E-state index < -0.39 is 0 Å². The second-order valence-electron chi connectivity index (χ2n) is 6.09. The molecule has 1 aliphatic heterocycles. The second-order valence-corrected chi connectivity index (χ2v) is 6.49. The number of aromatic nitrogens is 2. The van der Waals surface area contributed by atoms with Gasteiger partial charge in [-0.15, -0.1) is 0 Å². The first-order valence-electron chi connectivity index (χ1n) is 8.43. The molecule has 2 N–H and O–H groups in total. The minimum absolute atomic E-state index is 0.263. The van der Waals surface area contributed by atoms with Crippen LogP contribution >= 0.6 is 11.6 Å². The van der Waals surface area contributed by atoms with Crippen LogP contribution in [0.5, 0.6) is 0 Å². The highest BCUT2D eigenvalue weighted by atomic mass is 35.5. The van der Waals surface area contributed by atoms with Crippen molar-refractivity contribution in [1.29, 1.82) is 5.26 Å². The molecule has 0 radical (unpaired) electrons. The van der Waals surface area contributed by atoms with Gasteiger partial charge in [0.05, 0.1) is 10.7 Å². The summed E-state index contributed by atoms with van der Waals surface area (Å²) in [6.07, 6.45) is 4.95. The van der Waals surface area contributed by atoms with E-state index in [1.165, 1.54) is 6.20 Å². The molecule has 8 heteroatoms. The van der Waals surface area contributed by atoms with E-state index in [0.29, 0.717) is 34.7 Å². The number of amides is 2. The van der Waals surface area contributed by atoms with E-state index >= 15 is 0 Å². The molecule has 1 aromatic carbocycles. The molecular formula is C18H19ClN6O. The number of urea groups is 1. The molecule has 26 heavy (non-hydrogen) atoms. The van der Waals surface area contributed by atoms with Crippen molar-refractivity contribution in [1.82, 2.24) is 15.3 Å². The topological polar surface area (TPSA) is 93.9 Å². The van der Waals surface area contributed by atoms with E-state index in [-0.39, 0.29) is 6.03 Å². The third-order valence-corrected chi connectivity index (χ3v) is 4.70. The number of hydrogen-bond donors (Lipinski definition) is 2. The van der Waals surface area contributed by atoms with Gasteiger partial charge in [0.1, 0.15) is 6.07 Å². The summed E-state index contributed by atoms with van der Waals surface area (Å²) in [5, 5.41) is 15.3. The van der Waals surface area contributed by atoms with Gasteiger partial charge in [-0.05, 0) is 30.9 Å². The van der Waals surface area contributed by atoms with Crippen LogP contribution in [0.2, 0.25) is 5.02 Å². The van der Waals surface area contributed by atoms with Crippen LogP contribution in [-0.2, 0) is 0 Å². The third-order valence-electron chi connectivity index (χ3n) is 4.37. The maximum atomic E-state index is 12.0. The number of nitriles is 1. The van der Waals surface area contributed by atoms with Gasteiger partial charge in [-0.25, -0.2) is 14.8 Å². The standard InChI is InChI=1S/C18H19ClN6O/c19-14-3-1-2-4-15(14)24-18(26)23-12-13-5-9-25(10-6-13)17-16(11-20)21-7-8-22-17/h1-4,7-8,13H,5-6,9-10,12H2,(H2,23,24,26). The van der Waals surface area contributed by atoms with E-state index in [0.717, 1.165) is 25.9 Å². The Kier molecular flexibility index (Phi) is 5.87. The fourth-order valence-electron chi connectivity index (χ4n) is 2.96. The van der Waals surface area contributed by atoms with Crippen molar-refractivity contribution in [3.8, 4) is 6.07 Å². The van der Waals surface area contributed by atoms with E-state index in [2.05, 4.69) is 31.6 Å². The highest BCUT2D eigenvalue weighted by molar-refractivity contribution is 6.33. The Bertz CT molecular complexity index is 813. The molecule has 1 aromatic heterocycles. The molecule has 0 atom stereocenters. The number of nitrogens with zero attached hydrogens (tertiary/aromatic N) is 4. The maximum Gasteiger partial charge on any atom is 0.319 e. The van der Waals surface area contributed by atoms with Gasteiger partial charge in [-0.1, -0.05) is 23.7 Å². The first-order valence-corrected chi connectivity index (χ1v) is 8.80. The highest BCUT2D eigenvalue weighted by Gasteiger charge is 2.22. The quantitative estimate of drug-likeness (QED) is 0.862. The first-order chi connectivity index (χ1) is 12.7. The average molecular weight is 371 g/mol. The number of hydrogen-bond acceptors (Lipinski definition) is 5. The van der Waals surface area contributed by atoms with Crippen molar-refractivity contribution in [3.05, 3.63) is 47.4 Å². The third kappa shape index (κ3) is 4.41. The Morgan fingerprint density at radius 1 is 1.27 bits per heavy atom. The molecule has 1 fully saturated rings. The van der Waals surface area contributed by atoms with Crippen molar-refractivity contribution in [2.75, 3.05) is 29.9 Å². The summed E-state index contributed by atoms with van der Waals surface area (Å²) in [4.78, 5) is 22.4. The van der Waals surface area contributed by atoms with Gasteiger partial charge >= 0.3 is 6.03 Å². The second kappa shape index (κ2) is 8.50. The molecule has 0 bridgehead atoms. The molecule has 1 aliphatic rings. The number of carbonyl (C=O) groups is 1. The van der Waals surface area contributed by atoms with Crippen molar-refractivity contribution in [3.63, 3.8) is 0 Å². The first kappa shape index (κ1) is 18.0. The van der Waals surface area contributed by atoms with E-state index in [1.807, 2.05) is 12.1 Å². The number of halogens is 1. The van der Waals surface area contributed by atoms with Crippen LogP contribution in [0.25, 0.3) is 0 Å². The maximum absolute atomic E-state index is 12.0. The number of piperidine rings is 1. The molecule has 1 saturated heterocycles. The normalized spacial score (nSPS) is 14.5. The minimum atomic E-state index is -0.263. The zero-order valence-electron chi connectivity index (χ0n) is 14.2. The van der Waals surface area contributed by atoms with Gasteiger partial charge in [-0.2, -0.15) is 5.26 Å². The Morgan fingerprint density at radius 2 is 2.00 bits per heavy atom. The number of carbonyl (C=O) groups excluding carboxylic acids is 1. The number of para-hydroxylation sites is 1. The summed E-state index contributed by atoms with van der Waals surface area (Å²) in [6.45, 7) is 2.16. The molecule has 0 unspecified atom stereocenters. The zero-order valence-corrected chi connectivity index (χ0v) is 14.9. The van der Waals surface area contributed by atoms with Gasteiger partial charge < -0.3 is 15.5 Å². The summed E-state index contributed by atoms with van der Waals surface area (Å²) in [6, 6.07) is 8.94. The van der Waals surface area contributed by atoms with Crippen molar-refractivity contribution in [2.24, 2.45) is 5.92 Å². The SMILES string of the molecule is N#Cc1nccnc1N1CCC(CNC(=O)Nc2ccccc2Cl)CC1. The molecule has 0 aliphatic carbocycles. The summed E-state index contributed by atoms with van der Waals surface area (Å²) >= 11 is 6.03. The molecule has 134 valence electrons. The molecule has 3 rings (SSSR count). The number of nitrogens with one attached hydrogen (secondary N) is 2. The van der Waals surface area contributed by atoms with Crippen LogP contribution in [0.15, 0.2) is 36.7 Å². The fraction of sp³-hybridized carbons (Fsp3) is 0.333. The van der Waals surface area contributed by atoms with Crippen LogP contribution in [-0.4, -0.2) is 35.6 Å². The molecule has 2 heterocycles. The van der Waals surface area contributed by atoms with Crippen molar-refractivity contribution in [2.45, 2.75) is 12.8 Å². The van der Waals surface area contributed by atoms with Gasteiger partial charge in [0, 0.05) is 32.0 Å². The van der Waals surface area contributed by atoms with Crippen molar-refractivity contribution >= 4 is 29.1 Å². The fourth-order valence-corrected chi connectivity index (χ4v) is 3.14.